The number of fused-ring (bicyclic) bond motifs is 1. The van der Waals surface area contributed by atoms with Crippen LogP contribution < -0.4 is 5.32 Å². The molecule has 1 aliphatic heterocycles. The Bertz CT molecular complexity index is 2350. The smallest absolute Gasteiger partial charge is 0.271 e. The summed E-state index contributed by atoms with van der Waals surface area (Å²) < 4.78 is 13.8. The van der Waals surface area contributed by atoms with Gasteiger partial charge in [-0.1, -0.05) is 153 Å². The first-order chi connectivity index (χ1) is 28.0. The summed E-state index contributed by atoms with van der Waals surface area (Å²) in [4.78, 5) is 24.5. The Hall–Kier alpha value is -6.03. The number of carbonyl (C=O) groups is 1. The van der Waals surface area contributed by atoms with Gasteiger partial charge in [0, 0.05) is 37.7 Å². The maximum absolute atomic E-state index is 13.1. The number of nitrogens with zero attached hydrogens (tertiary/aromatic N) is 3. The first-order valence-corrected chi connectivity index (χ1v) is 19.5. The second-order valence-electron chi connectivity index (χ2n) is 14.7. The fourth-order valence-electron chi connectivity index (χ4n) is 7.56. The Morgan fingerprint density at radius 3 is 1.98 bits per heavy atom. The summed E-state index contributed by atoms with van der Waals surface area (Å²) in [5, 5.41) is 12.8. The number of nitrogens with one attached hydrogen (secondary N) is 1. The summed E-state index contributed by atoms with van der Waals surface area (Å²) in [5.74, 6) is -0.238. The third-order valence-electron chi connectivity index (χ3n) is 10.7. The van der Waals surface area contributed by atoms with Crippen molar-refractivity contribution in [3.63, 3.8) is 0 Å². The maximum atomic E-state index is 13.1. The maximum Gasteiger partial charge on any atom is 0.271 e. The zero-order chi connectivity index (χ0) is 39.0. The largest absolute Gasteiger partial charge is 0.392 e. The normalized spacial score (nSPS) is 18.1. The van der Waals surface area contributed by atoms with Crippen LogP contribution in [0.2, 0.25) is 0 Å². The van der Waals surface area contributed by atoms with Crippen LogP contribution in [0.3, 0.4) is 0 Å². The van der Waals surface area contributed by atoms with E-state index in [-0.39, 0.29) is 36.3 Å². The lowest BCUT2D eigenvalue weighted by molar-refractivity contribution is -0.276. The highest BCUT2D eigenvalue weighted by atomic mass is 16.7. The highest BCUT2D eigenvalue weighted by Gasteiger charge is 2.39. The molecule has 6 aromatic carbocycles. The summed E-state index contributed by atoms with van der Waals surface area (Å²) >= 11 is 0. The van der Waals surface area contributed by atoms with Gasteiger partial charge in [0.1, 0.15) is 5.69 Å². The van der Waals surface area contributed by atoms with Gasteiger partial charge in [0.25, 0.3) is 5.91 Å². The molecule has 4 atom stereocenters. The van der Waals surface area contributed by atoms with Crippen molar-refractivity contribution in [1.29, 1.82) is 0 Å². The minimum absolute atomic E-state index is 0.00929. The molecule has 8 heteroatoms. The van der Waals surface area contributed by atoms with Gasteiger partial charge in [0.2, 0.25) is 0 Å². The Morgan fingerprint density at radius 1 is 0.684 bits per heavy atom. The number of carbonyl (C=O) groups excluding carboxylic acids is 1. The molecule has 0 unspecified atom stereocenters. The molecule has 7 aromatic rings. The van der Waals surface area contributed by atoms with Crippen molar-refractivity contribution in [2.45, 2.75) is 51.7 Å². The Labute approximate surface area is 333 Å². The Balaban J connectivity index is 1.03. The van der Waals surface area contributed by atoms with Crippen LogP contribution in [0, 0.1) is 5.92 Å². The molecule has 0 bridgehead atoms. The molecule has 8 rings (SSSR count). The van der Waals surface area contributed by atoms with Crippen molar-refractivity contribution in [2.24, 2.45) is 5.92 Å². The van der Waals surface area contributed by atoms with Crippen LogP contribution in [0.1, 0.15) is 63.2 Å². The van der Waals surface area contributed by atoms with Gasteiger partial charge in [-0.25, -0.2) is 4.98 Å². The fraction of sp³-hybridized carbons (Fsp3) is 0.204. The number of rotatable bonds is 13. The van der Waals surface area contributed by atoms with Crippen LogP contribution in [0.5, 0.6) is 0 Å². The average molecular weight is 755 g/mol. The van der Waals surface area contributed by atoms with Crippen molar-refractivity contribution in [3.8, 4) is 11.1 Å². The number of aromatic nitrogens is 2. The van der Waals surface area contributed by atoms with Gasteiger partial charge in [0.05, 0.1) is 36.0 Å². The molecular formula is C49H46N4O4. The predicted octanol–water partition coefficient (Wildman–Crippen LogP) is 9.21. The van der Waals surface area contributed by atoms with E-state index in [9.17, 15) is 9.90 Å². The van der Waals surface area contributed by atoms with E-state index in [2.05, 4.69) is 130 Å². The summed E-state index contributed by atoms with van der Waals surface area (Å²) in [6.07, 6.45) is 0.542. The topological polar surface area (TPSA) is 96.8 Å². The van der Waals surface area contributed by atoms with Crippen LogP contribution in [0.4, 0.5) is 0 Å². The molecule has 0 aliphatic carbocycles. The number of amides is 1. The van der Waals surface area contributed by atoms with Gasteiger partial charge in [-0.15, -0.1) is 0 Å². The van der Waals surface area contributed by atoms with Crippen molar-refractivity contribution in [2.75, 3.05) is 6.54 Å². The lowest BCUT2D eigenvalue weighted by atomic mass is 9.89. The van der Waals surface area contributed by atoms with Crippen LogP contribution >= 0.6 is 0 Å². The average Bonchev–Trinajstić information content (AvgIpc) is 3.27. The van der Waals surface area contributed by atoms with E-state index in [4.69, 9.17) is 9.47 Å². The zero-order valence-corrected chi connectivity index (χ0v) is 31.9. The SMILES string of the molecule is C[C@H]1[C@@H](CN(Cc2ccccc2)Cc2ccccc2)O[C@@H](c2ccc(-c3ccccc3CNC(=O)c3cnc4ccccc4n3)cc2)O[C@H]1c1ccc(CO)cc1. The molecule has 1 aliphatic rings. The van der Waals surface area contributed by atoms with Crippen LogP contribution in [0.25, 0.3) is 22.2 Å². The molecule has 1 amide bonds. The van der Waals surface area contributed by atoms with Gasteiger partial charge >= 0.3 is 0 Å². The second-order valence-corrected chi connectivity index (χ2v) is 14.7. The number of hydrogen-bond acceptors (Lipinski definition) is 7. The molecule has 0 radical (unpaired) electrons. The number of ether oxygens (including phenoxy) is 2. The van der Waals surface area contributed by atoms with E-state index < -0.39 is 6.29 Å². The van der Waals surface area contributed by atoms with Crippen molar-refractivity contribution < 1.29 is 19.4 Å². The van der Waals surface area contributed by atoms with Crippen molar-refractivity contribution >= 4 is 16.9 Å². The van der Waals surface area contributed by atoms with Gasteiger partial charge in [-0.2, -0.15) is 0 Å². The number of aliphatic hydroxyl groups excluding tert-OH is 1. The van der Waals surface area contributed by atoms with E-state index in [1.807, 2.05) is 54.6 Å². The number of benzene rings is 6. The molecule has 2 heterocycles. The molecule has 1 aromatic heterocycles. The van der Waals surface area contributed by atoms with Crippen LogP contribution in [0.15, 0.2) is 164 Å². The van der Waals surface area contributed by atoms with Crippen LogP contribution in [-0.2, 0) is 35.7 Å². The molecule has 57 heavy (non-hydrogen) atoms. The van der Waals surface area contributed by atoms with E-state index in [0.29, 0.717) is 18.6 Å². The van der Waals surface area contributed by atoms with Gasteiger partial charge in [0.15, 0.2) is 6.29 Å². The Morgan fingerprint density at radius 2 is 1.30 bits per heavy atom. The van der Waals surface area contributed by atoms with E-state index >= 15 is 0 Å². The second kappa shape index (κ2) is 17.8. The first kappa shape index (κ1) is 37.9. The molecule has 0 saturated carbocycles. The minimum atomic E-state index is -0.601. The van der Waals surface area contributed by atoms with E-state index in [0.717, 1.165) is 52.0 Å². The molecule has 1 saturated heterocycles. The highest BCUT2D eigenvalue weighted by molar-refractivity contribution is 5.93. The number of para-hydroxylation sites is 2. The molecule has 8 nitrogen and oxygen atoms in total. The van der Waals surface area contributed by atoms with Gasteiger partial charge in [-0.3, -0.25) is 14.7 Å². The number of aliphatic hydroxyl groups is 1. The molecular weight excluding hydrogens is 709 g/mol. The minimum Gasteiger partial charge on any atom is -0.392 e. The monoisotopic (exact) mass is 754 g/mol. The van der Waals surface area contributed by atoms with E-state index in [1.165, 1.54) is 17.3 Å². The molecule has 2 N–H and O–H groups in total. The highest BCUT2D eigenvalue weighted by Crippen LogP contribution is 2.42. The lowest BCUT2D eigenvalue weighted by Gasteiger charge is -2.43. The fourth-order valence-corrected chi connectivity index (χ4v) is 7.56. The van der Waals surface area contributed by atoms with Gasteiger partial charge < -0.3 is 19.9 Å². The van der Waals surface area contributed by atoms with Gasteiger partial charge in [-0.05, 0) is 51.1 Å². The molecule has 1 fully saturated rings. The third-order valence-corrected chi connectivity index (χ3v) is 10.7. The quantitative estimate of drug-likeness (QED) is 0.121. The zero-order valence-electron chi connectivity index (χ0n) is 31.9. The lowest BCUT2D eigenvalue weighted by Crippen LogP contribution is -2.44. The summed E-state index contributed by atoms with van der Waals surface area (Å²) in [5.41, 5.74) is 10.1. The molecule has 286 valence electrons. The van der Waals surface area contributed by atoms with Crippen molar-refractivity contribution in [1.82, 2.24) is 20.2 Å². The summed E-state index contributed by atoms with van der Waals surface area (Å²) in [6, 6.07) is 53.1. The third kappa shape index (κ3) is 9.17. The Kier molecular flexibility index (Phi) is 11.8. The van der Waals surface area contributed by atoms with Crippen molar-refractivity contribution in [3.05, 3.63) is 203 Å². The van der Waals surface area contributed by atoms with Crippen LogP contribution in [-0.4, -0.2) is 38.5 Å². The standard InChI is InChI=1S/C49H46N4O4/c1-34-46(32-53(30-35-12-4-2-5-13-35)31-36-14-6-3-7-15-36)56-49(57-47(34)39-22-20-37(33-54)21-23-39)40-26-24-38(25-27-40)42-17-9-8-16-41(42)28-51-48(55)45-29-50-43-18-10-11-19-44(43)52-45/h2-27,29,34,46-47,49,54H,28,30-33H2,1H3,(H,51,55)/t34-,46+,47+,49+/m0/s1. The predicted molar refractivity (Wildman–Crippen MR) is 223 cm³/mol. The summed E-state index contributed by atoms with van der Waals surface area (Å²) in [6.45, 7) is 4.81. The number of hydrogen-bond donors (Lipinski definition) is 2. The first-order valence-electron chi connectivity index (χ1n) is 19.5. The summed E-state index contributed by atoms with van der Waals surface area (Å²) in [7, 11) is 0. The van der Waals surface area contributed by atoms with E-state index in [1.54, 1.807) is 0 Å². The molecule has 0 spiro atoms.